The minimum atomic E-state index is -3.82. The lowest BCUT2D eigenvalue weighted by molar-refractivity contribution is 0.0601. The normalized spacial score (nSPS) is 11.1. The summed E-state index contributed by atoms with van der Waals surface area (Å²) in [6, 6.07) is 7.83. The largest absolute Gasteiger partial charge is 0.496 e. The zero-order valence-electron chi connectivity index (χ0n) is 14.8. The quantitative estimate of drug-likeness (QED) is 0.825. The average molecular weight is 363 g/mol. The van der Waals surface area contributed by atoms with E-state index in [0.29, 0.717) is 22.6 Å². The van der Waals surface area contributed by atoms with E-state index >= 15 is 0 Å². The van der Waals surface area contributed by atoms with Crippen LogP contribution in [0.3, 0.4) is 0 Å². The summed E-state index contributed by atoms with van der Waals surface area (Å²) in [4.78, 5) is 11.8. The third-order valence-electron chi connectivity index (χ3n) is 4.10. The lowest BCUT2D eigenvalue weighted by Crippen LogP contribution is -2.16. The van der Waals surface area contributed by atoms with Gasteiger partial charge in [-0.05, 0) is 61.7 Å². The van der Waals surface area contributed by atoms with E-state index in [1.54, 1.807) is 39.0 Å². The minimum absolute atomic E-state index is 0.161. The molecule has 7 heteroatoms. The number of hydrogen-bond donors (Lipinski definition) is 1. The van der Waals surface area contributed by atoms with Crippen molar-refractivity contribution in [2.45, 2.75) is 25.7 Å². The molecule has 6 nitrogen and oxygen atoms in total. The van der Waals surface area contributed by atoms with Gasteiger partial charge in [0.05, 0.1) is 30.4 Å². The zero-order valence-corrected chi connectivity index (χ0v) is 15.7. The summed E-state index contributed by atoms with van der Waals surface area (Å²) in [6.45, 7) is 5.28. The average Bonchev–Trinajstić information content (AvgIpc) is 2.58. The van der Waals surface area contributed by atoms with Gasteiger partial charge in [0, 0.05) is 0 Å². The van der Waals surface area contributed by atoms with Crippen molar-refractivity contribution in [1.29, 1.82) is 0 Å². The highest BCUT2D eigenvalue weighted by molar-refractivity contribution is 7.92. The van der Waals surface area contributed by atoms with E-state index < -0.39 is 16.0 Å². The predicted molar refractivity (Wildman–Crippen MR) is 95.8 cm³/mol. The Balaban J connectivity index is 2.46. The van der Waals surface area contributed by atoms with Crippen LogP contribution in [0.4, 0.5) is 5.69 Å². The van der Waals surface area contributed by atoms with Crippen molar-refractivity contribution in [3.8, 4) is 5.75 Å². The number of anilines is 1. The molecular weight excluding hydrogens is 342 g/mol. The van der Waals surface area contributed by atoms with E-state index in [2.05, 4.69) is 9.46 Å². The van der Waals surface area contributed by atoms with Crippen LogP contribution in [0.15, 0.2) is 35.2 Å². The van der Waals surface area contributed by atoms with Crippen LogP contribution in [0.25, 0.3) is 0 Å². The Labute approximate surface area is 147 Å². The maximum absolute atomic E-state index is 12.8. The molecule has 0 aliphatic heterocycles. The molecule has 0 fully saturated rings. The Morgan fingerprint density at radius 2 is 1.68 bits per heavy atom. The molecule has 0 atom stereocenters. The second-order valence-electron chi connectivity index (χ2n) is 5.64. The van der Waals surface area contributed by atoms with Gasteiger partial charge in [-0.1, -0.05) is 6.07 Å². The van der Waals surface area contributed by atoms with E-state index in [1.165, 1.54) is 26.4 Å². The molecule has 2 rings (SSSR count). The summed E-state index contributed by atoms with van der Waals surface area (Å²) < 4.78 is 38.1. The van der Waals surface area contributed by atoms with Gasteiger partial charge in [-0.25, -0.2) is 13.2 Å². The van der Waals surface area contributed by atoms with Gasteiger partial charge in [-0.15, -0.1) is 0 Å². The van der Waals surface area contributed by atoms with E-state index in [0.717, 1.165) is 5.56 Å². The number of methoxy groups -OCH3 is 2. The van der Waals surface area contributed by atoms with Crippen molar-refractivity contribution in [3.63, 3.8) is 0 Å². The monoisotopic (exact) mass is 363 g/mol. The number of hydrogen-bond acceptors (Lipinski definition) is 5. The molecule has 0 radical (unpaired) electrons. The fraction of sp³-hybridized carbons (Fsp3) is 0.278. The summed E-state index contributed by atoms with van der Waals surface area (Å²) in [5, 5.41) is 0. The van der Waals surface area contributed by atoms with Crippen molar-refractivity contribution in [2.24, 2.45) is 0 Å². The van der Waals surface area contributed by atoms with E-state index in [1.807, 2.05) is 0 Å². The van der Waals surface area contributed by atoms with Crippen molar-refractivity contribution < 1.29 is 22.7 Å². The number of carbonyl (C=O) groups excluding carboxylic acids is 1. The summed E-state index contributed by atoms with van der Waals surface area (Å²) in [5.41, 5.74) is 2.65. The summed E-state index contributed by atoms with van der Waals surface area (Å²) in [6.07, 6.45) is 0. The van der Waals surface area contributed by atoms with Crippen LogP contribution in [-0.2, 0) is 14.8 Å². The van der Waals surface area contributed by atoms with Crippen molar-refractivity contribution in [1.82, 2.24) is 0 Å². The van der Waals surface area contributed by atoms with Gasteiger partial charge in [0.2, 0.25) is 0 Å². The Kier molecular flexibility index (Phi) is 5.37. The third-order valence-corrected chi connectivity index (χ3v) is 5.61. The second kappa shape index (κ2) is 7.14. The lowest BCUT2D eigenvalue weighted by Gasteiger charge is -2.15. The maximum Gasteiger partial charge on any atom is 0.337 e. The maximum atomic E-state index is 12.8. The van der Waals surface area contributed by atoms with E-state index in [9.17, 15) is 13.2 Å². The van der Waals surface area contributed by atoms with Crippen LogP contribution in [0.1, 0.15) is 27.0 Å². The molecule has 0 saturated heterocycles. The molecule has 134 valence electrons. The summed E-state index contributed by atoms with van der Waals surface area (Å²) in [5.74, 6) is 0.0947. The number of carbonyl (C=O) groups is 1. The number of aryl methyl sites for hydroxylation is 1. The molecule has 0 amide bonds. The molecule has 0 aromatic heterocycles. The van der Waals surface area contributed by atoms with Gasteiger partial charge >= 0.3 is 5.97 Å². The van der Waals surface area contributed by atoms with Crippen LogP contribution >= 0.6 is 0 Å². The molecule has 0 saturated carbocycles. The molecule has 25 heavy (non-hydrogen) atoms. The third kappa shape index (κ3) is 3.76. The van der Waals surface area contributed by atoms with Crippen molar-refractivity contribution >= 4 is 21.7 Å². The molecule has 1 N–H and O–H groups in total. The van der Waals surface area contributed by atoms with Gasteiger partial charge in [0.15, 0.2) is 0 Å². The van der Waals surface area contributed by atoms with E-state index in [4.69, 9.17) is 4.74 Å². The lowest BCUT2D eigenvalue weighted by atomic mass is 10.1. The second-order valence-corrected chi connectivity index (χ2v) is 7.29. The van der Waals surface area contributed by atoms with Gasteiger partial charge in [0.25, 0.3) is 10.0 Å². The SMILES string of the molecule is COC(=O)c1ccc(C)c(NS(=O)(=O)c2ccc(OC)c(C)c2C)c1. The van der Waals surface area contributed by atoms with Gasteiger partial charge in [-0.3, -0.25) is 4.72 Å². The first-order chi connectivity index (χ1) is 11.7. The molecule has 2 aromatic rings. The smallest absolute Gasteiger partial charge is 0.337 e. The van der Waals surface area contributed by atoms with Gasteiger partial charge < -0.3 is 9.47 Å². The number of sulfonamides is 1. The number of ether oxygens (including phenoxy) is 2. The highest BCUT2D eigenvalue weighted by atomic mass is 32.2. The van der Waals surface area contributed by atoms with Crippen molar-refractivity contribution in [3.05, 3.63) is 52.6 Å². The number of esters is 1. The fourth-order valence-corrected chi connectivity index (χ4v) is 3.88. The Bertz CT molecular complexity index is 919. The Morgan fingerprint density at radius 3 is 2.28 bits per heavy atom. The van der Waals surface area contributed by atoms with Crippen LogP contribution in [0.2, 0.25) is 0 Å². The van der Waals surface area contributed by atoms with Gasteiger partial charge in [0.1, 0.15) is 5.75 Å². The fourth-order valence-electron chi connectivity index (χ4n) is 2.46. The summed E-state index contributed by atoms with van der Waals surface area (Å²) in [7, 11) is -1.01. The predicted octanol–water partition coefficient (Wildman–Crippen LogP) is 3.21. The standard InChI is InChI=1S/C18H21NO5S/c1-11-6-7-14(18(20)24-5)10-15(11)19-25(21,22)17-9-8-16(23-4)12(2)13(17)3/h6-10,19H,1-5H3. The molecule has 0 bridgehead atoms. The van der Waals surface area contributed by atoms with E-state index in [-0.39, 0.29) is 10.5 Å². The highest BCUT2D eigenvalue weighted by Crippen LogP contribution is 2.29. The number of rotatable bonds is 5. The molecule has 0 aliphatic carbocycles. The van der Waals surface area contributed by atoms with Crippen molar-refractivity contribution in [2.75, 3.05) is 18.9 Å². The number of benzene rings is 2. The van der Waals surface area contributed by atoms with Crippen LogP contribution in [0.5, 0.6) is 5.75 Å². The first kappa shape index (κ1) is 18.8. The molecule has 0 spiro atoms. The topological polar surface area (TPSA) is 81.7 Å². The first-order valence-corrected chi connectivity index (χ1v) is 9.05. The summed E-state index contributed by atoms with van der Waals surface area (Å²) >= 11 is 0. The molecule has 0 aliphatic rings. The van der Waals surface area contributed by atoms with Crippen LogP contribution < -0.4 is 9.46 Å². The Morgan fingerprint density at radius 1 is 1.00 bits per heavy atom. The van der Waals surface area contributed by atoms with Crippen LogP contribution in [-0.4, -0.2) is 28.6 Å². The molecule has 0 heterocycles. The number of nitrogens with one attached hydrogen (secondary N) is 1. The molecule has 0 unspecified atom stereocenters. The highest BCUT2D eigenvalue weighted by Gasteiger charge is 2.21. The molecule has 2 aromatic carbocycles. The Hall–Kier alpha value is -2.54. The van der Waals surface area contributed by atoms with Gasteiger partial charge in [-0.2, -0.15) is 0 Å². The zero-order chi connectivity index (χ0) is 18.8. The first-order valence-electron chi connectivity index (χ1n) is 7.57. The molecular formula is C18H21NO5S. The van der Waals surface area contributed by atoms with Crippen LogP contribution in [0, 0.1) is 20.8 Å². The minimum Gasteiger partial charge on any atom is -0.496 e.